The molecule has 12 fully saturated rings. The average molecular weight is 851 g/mol. The molecule has 0 aromatic rings. The Hall–Kier alpha value is -0.210. The van der Waals surface area contributed by atoms with Crippen LogP contribution in [0.15, 0.2) is 0 Å². The van der Waals surface area contributed by atoms with Crippen LogP contribution in [-0.4, -0.2) is 66.4 Å². The molecule has 59 heavy (non-hydrogen) atoms. The lowest BCUT2D eigenvalue weighted by Crippen LogP contribution is -2.70. The van der Waals surface area contributed by atoms with Gasteiger partial charge in [0.05, 0.1) is 31.0 Å². The van der Waals surface area contributed by atoms with Gasteiger partial charge in [0, 0.05) is 24.7 Å². The summed E-state index contributed by atoms with van der Waals surface area (Å²) in [4.78, 5) is 25.3. The van der Waals surface area contributed by atoms with Gasteiger partial charge in [0.1, 0.15) is 0 Å². The molecular formula is C46H75O12P. The first kappa shape index (κ1) is 42.7. The predicted octanol–water partition coefficient (Wildman–Crippen LogP) is 10.7. The first-order chi connectivity index (χ1) is 28.3. The van der Waals surface area contributed by atoms with Gasteiger partial charge in [-0.15, -0.1) is 0 Å². The first-order valence-electron chi connectivity index (χ1n) is 24.3. The number of phosphoric ester groups is 1. The Labute approximate surface area is 353 Å². The van der Waals surface area contributed by atoms with E-state index in [9.17, 15) is 4.57 Å². The first-order valence-corrected chi connectivity index (χ1v) is 25.8. The highest BCUT2D eigenvalue weighted by molar-refractivity contribution is 7.48. The molecule has 12 rings (SSSR count). The van der Waals surface area contributed by atoms with Gasteiger partial charge in [-0.05, 0) is 132 Å². The zero-order valence-electron chi connectivity index (χ0n) is 36.9. The van der Waals surface area contributed by atoms with E-state index in [1.54, 1.807) is 0 Å². The lowest BCUT2D eigenvalue weighted by Gasteiger charge is -2.61. The largest absolute Gasteiger partial charge is 0.475 e. The molecular weight excluding hydrogens is 775 g/mol. The summed E-state index contributed by atoms with van der Waals surface area (Å²) >= 11 is 0. The van der Waals surface area contributed by atoms with Gasteiger partial charge in [-0.25, -0.2) is 24.1 Å². The molecule has 12 nitrogen and oxygen atoms in total. The summed E-state index contributed by atoms with van der Waals surface area (Å²) in [7, 11) is -3.90. The number of fused-ring (bicyclic) bond motifs is 4. The number of hydrogen-bond acceptors (Lipinski definition) is 12. The molecule has 4 saturated carbocycles. The minimum Gasteiger partial charge on any atom is -0.346 e. The van der Waals surface area contributed by atoms with Crippen LogP contribution in [0.25, 0.3) is 0 Å². The highest BCUT2D eigenvalue weighted by Crippen LogP contribution is 2.64. The van der Waals surface area contributed by atoms with Gasteiger partial charge in [-0.2, -0.15) is 0 Å². The second-order valence-electron chi connectivity index (χ2n) is 21.7. The molecule has 336 valence electrons. The molecule has 0 aromatic carbocycles. The normalized spacial score (nSPS) is 50.7. The van der Waals surface area contributed by atoms with Crippen LogP contribution in [0.2, 0.25) is 0 Å². The van der Waals surface area contributed by atoms with Gasteiger partial charge < -0.3 is 18.9 Å². The zero-order valence-corrected chi connectivity index (χ0v) is 37.8. The van der Waals surface area contributed by atoms with Crippen molar-refractivity contribution in [2.24, 2.45) is 53.3 Å². The van der Waals surface area contributed by atoms with Crippen molar-refractivity contribution in [2.45, 2.75) is 230 Å². The molecule has 12 aliphatic rings. The molecule has 8 saturated heterocycles. The number of ether oxygens (including phenoxy) is 4. The molecule has 2 spiro atoms. The third kappa shape index (κ3) is 7.61. The van der Waals surface area contributed by atoms with Gasteiger partial charge in [0.25, 0.3) is 0 Å². The highest BCUT2D eigenvalue weighted by Gasteiger charge is 2.71. The third-order valence-electron chi connectivity index (χ3n) is 17.9. The number of phosphoric acid groups is 1. The fourth-order valence-corrected chi connectivity index (χ4v) is 16.1. The number of hydrogen-bond donors (Lipinski definition) is 0. The third-order valence-corrected chi connectivity index (χ3v) is 19.4. The van der Waals surface area contributed by atoms with Gasteiger partial charge in [0.15, 0.2) is 23.8 Å². The van der Waals surface area contributed by atoms with E-state index in [0.29, 0.717) is 36.5 Å². The maximum atomic E-state index is 15.0. The molecule has 16 atom stereocenters. The van der Waals surface area contributed by atoms with E-state index in [0.717, 1.165) is 103 Å². The Balaban J connectivity index is 0.943. The summed E-state index contributed by atoms with van der Waals surface area (Å²) in [6.07, 6.45) is 17.9. The maximum absolute atomic E-state index is 15.0. The maximum Gasteiger partial charge on any atom is 0.475 e. The molecule has 8 heterocycles. The lowest BCUT2D eigenvalue weighted by atomic mass is 9.56. The van der Waals surface area contributed by atoms with Crippen molar-refractivity contribution in [1.29, 1.82) is 0 Å². The van der Waals surface area contributed by atoms with E-state index in [1.165, 1.54) is 12.8 Å². The molecule has 13 heteroatoms. The minimum absolute atomic E-state index is 0.0840. The molecule has 0 radical (unpaired) electrons. The van der Waals surface area contributed by atoms with Crippen molar-refractivity contribution in [3.05, 3.63) is 0 Å². The van der Waals surface area contributed by atoms with Crippen molar-refractivity contribution in [3.8, 4) is 0 Å². The van der Waals surface area contributed by atoms with Gasteiger partial charge >= 0.3 is 7.82 Å². The minimum atomic E-state index is -3.90. The molecule has 4 bridgehead atoms. The van der Waals surface area contributed by atoms with Crippen molar-refractivity contribution >= 4 is 7.82 Å². The zero-order chi connectivity index (χ0) is 40.8. The fraction of sp³-hybridized carbons (Fsp3) is 1.00. The lowest BCUT2D eigenvalue weighted by molar-refractivity contribution is -0.571. The van der Waals surface area contributed by atoms with E-state index < -0.39 is 43.2 Å². The Morgan fingerprint density at radius 1 is 0.559 bits per heavy atom. The summed E-state index contributed by atoms with van der Waals surface area (Å²) in [5, 5.41) is 0. The van der Waals surface area contributed by atoms with Crippen LogP contribution in [0.1, 0.15) is 170 Å². The Morgan fingerprint density at radius 3 is 1.44 bits per heavy atom. The molecule has 4 aliphatic carbocycles. The van der Waals surface area contributed by atoms with Gasteiger partial charge in [0.2, 0.25) is 11.6 Å². The van der Waals surface area contributed by atoms with E-state index in [-0.39, 0.29) is 60.6 Å². The van der Waals surface area contributed by atoms with Crippen LogP contribution in [0.5, 0.6) is 0 Å². The van der Waals surface area contributed by atoms with Crippen molar-refractivity contribution in [3.63, 3.8) is 0 Å². The quantitative estimate of drug-likeness (QED) is 0.145. The van der Waals surface area contributed by atoms with E-state index in [1.807, 2.05) is 13.8 Å². The molecule has 8 aliphatic heterocycles. The Morgan fingerprint density at radius 2 is 1.00 bits per heavy atom. The molecule has 0 unspecified atom stereocenters. The summed E-state index contributed by atoms with van der Waals surface area (Å²) in [6, 6.07) is 0. The van der Waals surface area contributed by atoms with E-state index in [4.69, 9.17) is 52.1 Å². The van der Waals surface area contributed by atoms with Gasteiger partial charge in [-0.3, -0.25) is 13.6 Å². The topological polar surface area (TPSA) is 119 Å². The van der Waals surface area contributed by atoms with Crippen LogP contribution >= 0.6 is 7.82 Å². The molecule has 0 N–H and O–H groups in total. The van der Waals surface area contributed by atoms with Crippen LogP contribution in [-0.2, 0) is 56.6 Å². The van der Waals surface area contributed by atoms with Crippen LogP contribution in [0.3, 0.4) is 0 Å². The second-order valence-corrected chi connectivity index (χ2v) is 23.3. The predicted molar refractivity (Wildman–Crippen MR) is 216 cm³/mol. The molecule has 0 aromatic heterocycles. The smallest absolute Gasteiger partial charge is 0.346 e. The summed E-state index contributed by atoms with van der Waals surface area (Å²) in [5.74, 6) is 0.569. The summed E-state index contributed by atoms with van der Waals surface area (Å²) in [5.41, 5.74) is -1.27. The molecule has 0 amide bonds. The second kappa shape index (κ2) is 16.3. The SMILES string of the molecule is C[C@H]1[C@@H](CC(COP(=O)(OC2CCCCC2)OC2CCCCC2)C[C@H]2O[C@@H]3O[C@@]4(C)CC[C@H]5[C@H](C)CC[C@@H]([C@H]2C)[C@@]35OO4)O[C@@H]2O[C@@]3(C)CC[C@H]4[C@H](C)CC[C@@H]1[C@@]24OO3. The highest BCUT2D eigenvalue weighted by atomic mass is 31.2. The Kier molecular flexibility index (Phi) is 11.8. The fourth-order valence-electron chi connectivity index (χ4n) is 14.4. The van der Waals surface area contributed by atoms with E-state index >= 15 is 0 Å². The van der Waals surface area contributed by atoms with Crippen LogP contribution in [0, 0.1) is 53.3 Å². The van der Waals surface area contributed by atoms with Crippen LogP contribution in [0.4, 0.5) is 0 Å². The van der Waals surface area contributed by atoms with Crippen molar-refractivity contribution in [1.82, 2.24) is 0 Å². The van der Waals surface area contributed by atoms with Crippen molar-refractivity contribution < 1.29 is 56.6 Å². The number of rotatable bonds is 11. The van der Waals surface area contributed by atoms with Gasteiger partial charge in [-0.1, -0.05) is 66.2 Å². The monoisotopic (exact) mass is 850 g/mol. The Bertz CT molecular complexity index is 1440. The standard InChI is InChI=1S/C46H75O12P/c1-28-17-19-37-30(3)39(49-41-45(37)35(28)21-23-43(5,51-41)55-57-45)25-32(27-48-59(47,53-33-13-9-7-10-14-33)54-34-15-11-8-12-16-34)26-40-31(4)38-20-18-29(2)36-22-24-44(6)52-42(50-40)46(36,38)58-56-44/h28-42H,7-27H2,1-6H3/t28-,29-,30-,31-,35+,36+,37+,38+,39-,40-,41-,42-,43-,44-,45-,46-/m1/s1. The summed E-state index contributed by atoms with van der Waals surface area (Å²) < 4.78 is 62.6. The summed E-state index contributed by atoms with van der Waals surface area (Å²) in [6.45, 7) is 13.6. The van der Waals surface area contributed by atoms with Crippen LogP contribution < -0.4 is 0 Å². The van der Waals surface area contributed by atoms with Crippen molar-refractivity contribution in [2.75, 3.05) is 6.61 Å². The average Bonchev–Trinajstić information content (AvgIpc) is 3.59. The van der Waals surface area contributed by atoms with E-state index in [2.05, 4.69) is 27.7 Å².